The highest BCUT2D eigenvalue weighted by molar-refractivity contribution is 5.78. The molecule has 2 aliphatic rings. The number of para-hydroxylation sites is 2. The molecule has 2 heterocycles. The molecule has 1 unspecified atom stereocenters. The first-order valence-electron chi connectivity index (χ1n) is 10.3. The molecule has 154 valence electrons. The first-order valence-corrected chi connectivity index (χ1v) is 10.3. The third-order valence-corrected chi connectivity index (χ3v) is 5.75. The number of nitrogens with zero attached hydrogens (tertiary/aromatic N) is 2. The fourth-order valence-electron chi connectivity index (χ4n) is 3.88. The molecule has 4 rings (SSSR count). The third-order valence-electron chi connectivity index (χ3n) is 5.75. The van der Waals surface area contributed by atoms with Gasteiger partial charge in [-0.25, -0.2) is 0 Å². The third kappa shape index (κ3) is 4.65. The molecule has 29 heavy (non-hydrogen) atoms. The van der Waals surface area contributed by atoms with Crippen LogP contribution in [0.3, 0.4) is 0 Å². The smallest absolute Gasteiger partial charge is 0.234 e. The van der Waals surface area contributed by atoms with E-state index in [4.69, 9.17) is 9.47 Å². The molecule has 0 saturated carbocycles. The molecule has 6 nitrogen and oxygen atoms in total. The fourth-order valence-corrected chi connectivity index (χ4v) is 3.88. The van der Waals surface area contributed by atoms with E-state index >= 15 is 0 Å². The van der Waals surface area contributed by atoms with Crippen molar-refractivity contribution in [2.24, 2.45) is 0 Å². The van der Waals surface area contributed by atoms with Crippen molar-refractivity contribution in [3.63, 3.8) is 0 Å². The standard InChI is InChI=1S/C23H29N3O3/c1-17-6-5-7-20(18(17)2)26-12-10-25(11-13-26)15-23(27)24-14-19-16-28-21-8-3-4-9-22(21)29-19/h3-9,19H,10-16H2,1-2H3,(H,24,27). The molecule has 1 saturated heterocycles. The zero-order chi connectivity index (χ0) is 20.2. The lowest BCUT2D eigenvalue weighted by Crippen LogP contribution is -2.50. The van der Waals surface area contributed by atoms with E-state index in [1.54, 1.807) is 0 Å². The normalized spacial score (nSPS) is 19.1. The molecule has 0 bridgehead atoms. The Morgan fingerprint density at radius 2 is 1.79 bits per heavy atom. The molecule has 1 N–H and O–H groups in total. The van der Waals surface area contributed by atoms with Crippen molar-refractivity contribution in [1.82, 2.24) is 10.2 Å². The van der Waals surface area contributed by atoms with Crippen molar-refractivity contribution >= 4 is 11.6 Å². The van der Waals surface area contributed by atoms with Crippen LogP contribution >= 0.6 is 0 Å². The maximum Gasteiger partial charge on any atom is 0.234 e. The molecule has 1 amide bonds. The molecule has 2 aromatic rings. The Morgan fingerprint density at radius 3 is 2.59 bits per heavy atom. The number of hydrogen-bond acceptors (Lipinski definition) is 5. The van der Waals surface area contributed by atoms with E-state index in [0.29, 0.717) is 19.7 Å². The van der Waals surface area contributed by atoms with Gasteiger partial charge in [-0.3, -0.25) is 9.69 Å². The lowest BCUT2D eigenvalue weighted by Gasteiger charge is -2.36. The molecule has 2 aromatic carbocycles. The summed E-state index contributed by atoms with van der Waals surface area (Å²) in [5.74, 6) is 1.53. The Hall–Kier alpha value is -2.73. The quantitative estimate of drug-likeness (QED) is 0.843. The number of piperazine rings is 1. The van der Waals surface area contributed by atoms with E-state index in [1.165, 1.54) is 16.8 Å². The maximum atomic E-state index is 12.4. The second-order valence-corrected chi connectivity index (χ2v) is 7.78. The van der Waals surface area contributed by atoms with Crippen LogP contribution in [0.2, 0.25) is 0 Å². The average molecular weight is 396 g/mol. The van der Waals surface area contributed by atoms with Crippen LogP contribution in [0, 0.1) is 13.8 Å². The Bertz CT molecular complexity index is 862. The van der Waals surface area contributed by atoms with E-state index in [9.17, 15) is 4.79 Å². The van der Waals surface area contributed by atoms with Gasteiger partial charge >= 0.3 is 0 Å². The summed E-state index contributed by atoms with van der Waals surface area (Å²) >= 11 is 0. The fraction of sp³-hybridized carbons (Fsp3) is 0.435. The number of benzene rings is 2. The lowest BCUT2D eigenvalue weighted by atomic mass is 10.1. The van der Waals surface area contributed by atoms with Crippen molar-refractivity contribution in [3.8, 4) is 11.5 Å². The van der Waals surface area contributed by atoms with Gasteiger partial charge in [0.2, 0.25) is 5.91 Å². The molecule has 0 aliphatic carbocycles. The van der Waals surface area contributed by atoms with Crippen LogP contribution in [0.5, 0.6) is 11.5 Å². The highest BCUT2D eigenvalue weighted by Gasteiger charge is 2.23. The Labute approximate surface area is 172 Å². The Kier molecular flexibility index (Phi) is 5.90. The summed E-state index contributed by atoms with van der Waals surface area (Å²) in [6.07, 6.45) is -0.157. The summed E-state index contributed by atoms with van der Waals surface area (Å²) in [5, 5.41) is 2.99. The maximum absolute atomic E-state index is 12.4. The van der Waals surface area contributed by atoms with Crippen molar-refractivity contribution in [3.05, 3.63) is 53.6 Å². The number of aryl methyl sites for hydroxylation is 1. The van der Waals surface area contributed by atoms with Gasteiger partial charge < -0.3 is 19.7 Å². The van der Waals surface area contributed by atoms with Crippen molar-refractivity contribution in [2.45, 2.75) is 20.0 Å². The minimum absolute atomic E-state index is 0.0349. The van der Waals surface area contributed by atoms with Gasteiger partial charge in [-0.15, -0.1) is 0 Å². The number of anilines is 1. The van der Waals surface area contributed by atoms with E-state index in [-0.39, 0.29) is 12.0 Å². The van der Waals surface area contributed by atoms with Gasteiger partial charge in [0.05, 0.1) is 13.1 Å². The summed E-state index contributed by atoms with van der Waals surface area (Å²) in [5.41, 5.74) is 3.97. The van der Waals surface area contributed by atoms with E-state index in [1.807, 2.05) is 24.3 Å². The first kappa shape index (κ1) is 19.6. The average Bonchev–Trinajstić information content (AvgIpc) is 2.75. The van der Waals surface area contributed by atoms with E-state index in [2.05, 4.69) is 47.2 Å². The zero-order valence-corrected chi connectivity index (χ0v) is 17.2. The predicted octanol–water partition coefficient (Wildman–Crippen LogP) is 2.38. The van der Waals surface area contributed by atoms with Crippen LogP contribution < -0.4 is 19.7 Å². The van der Waals surface area contributed by atoms with Gasteiger partial charge in [-0.1, -0.05) is 24.3 Å². The van der Waals surface area contributed by atoms with Gasteiger partial charge in [-0.2, -0.15) is 0 Å². The number of ether oxygens (including phenoxy) is 2. The Balaban J connectivity index is 1.21. The van der Waals surface area contributed by atoms with E-state index in [0.717, 1.165) is 37.7 Å². The number of nitrogens with one attached hydrogen (secondary N) is 1. The molecule has 0 spiro atoms. The number of rotatable bonds is 5. The van der Waals surface area contributed by atoms with Crippen molar-refractivity contribution in [2.75, 3.05) is 50.8 Å². The Morgan fingerprint density at radius 1 is 1.03 bits per heavy atom. The molecule has 1 atom stereocenters. The van der Waals surface area contributed by atoms with Crippen LogP contribution in [0.1, 0.15) is 11.1 Å². The van der Waals surface area contributed by atoms with Gasteiger partial charge in [0, 0.05) is 31.9 Å². The second-order valence-electron chi connectivity index (χ2n) is 7.78. The number of carbonyl (C=O) groups excluding carboxylic acids is 1. The zero-order valence-electron chi connectivity index (χ0n) is 17.2. The molecule has 6 heteroatoms. The predicted molar refractivity (Wildman–Crippen MR) is 114 cm³/mol. The summed E-state index contributed by atoms with van der Waals surface area (Å²) < 4.78 is 11.6. The summed E-state index contributed by atoms with van der Waals surface area (Å²) in [4.78, 5) is 17.0. The number of carbonyl (C=O) groups is 1. The second kappa shape index (κ2) is 8.74. The SMILES string of the molecule is Cc1cccc(N2CCN(CC(=O)NCC3COc4ccccc4O3)CC2)c1C. The molecule has 2 aliphatic heterocycles. The highest BCUT2D eigenvalue weighted by Crippen LogP contribution is 2.30. The number of amides is 1. The topological polar surface area (TPSA) is 54.0 Å². The molecule has 0 radical (unpaired) electrons. The molecular weight excluding hydrogens is 366 g/mol. The highest BCUT2D eigenvalue weighted by atomic mass is 16.6. The van der Waals surface area contributed by atoms with E-state index < -0.39 is 0 Å². The lowest BCUT2D eigenvalue weighted by molar-refractivity contribution is -0.122. The number of hydrogen-bond donors (Lipinski definition) is 1. The molecule has 1 fully saturated rings. The minimum atomic E-state index is -0.157. The van der Waals surface area contributed by atoms with Gasteiger partial charge in [0.15, 0.2) is 11.5 Å². The summed E-state index contributed by atoms with van der Waals surface area (Å²) in [6, 6.07) is 14.1. The summed E-state index contributed by atoms with van der Waals surface area (Å²) in [6.45, 7) is 9.31. The minimum Gasteiger partial charge on any atom is -0.486 e. The van der Waals surface area contributed by atoms with Gasteiger partial charge in [0.1, 0.15) is 12.7 Å². The van der Waals surface area contributed by atoms with Crippen LogP contribution in [-0.2, 0) is 4.79 Å². The summed E-state index contributed by atoms with van der Waals surface area (Å²) in [7, 11) is 0. The molecular formula is C23H29N3O3. The largest absolute Gasteiger partial charge is 0.486 e. The first-order chi connectivity index (χ1) is 14.1. The van der Waals surface area contributed by atoms with Crippen molar-refractivity contribution < 1.29 is 14.3 Å². The van der Waals surface area contributed by atoms with Crippen LogP contribution in [0.25, 0.3) is 0 Å². The monoisotopic (exact) mass is 395 g/mol. The number of fused-ring (bicyclic) bond motifs is 1. The van der Waals surface area contributed by atoms with Gasteiger partial charge in [-0.05, 0) is 43.2 Å². The van der Waals surface area contributed by atoms with Crippen LogP contribution in [-0.4, -0.2) is 62.8 Å². The molecule has 0 aromatic heterocycles. The van der Waals surface area contributed by atoms with Crippen LogP contribution in [0.15, 0.2) is 42.5 Å². The van der Waals surface area contributed by atoms with Crippen molar-refractivity contribution in [1.29, 1.82) is 0 Å². The van der Waals surface area contributed by atoms with Gasteiger partial charge in [0.25, 0.3) is 0 Å². The van der Waals surface area contributed by atoms with Crippen LogP contribution in [0.4, 0.5) is 5.69 Å².